The summed E-state index contributed by atoms with van der Waals surface area (Å²) in [6.07, 6.45) is 12.8. The Labute approximate surface area is 127 Å². The highest BCUT2D eigenvalue weighted by atomic mass is 16.5. The van der Waals surface area contributed by atoms with Crippen LogP contribution < -0.4 is 11.3 Å². The molecule has 0 radical (unpaired) electrons. The van der Waals surface area contributed by atoms with Crippen molar-refractivity contribution < 1.29 is 4.74 Å². The van der Waals surface area contributed by atoms with E-state index in [1.165, 1.54) is 38.5 Å². The maximum absolute atomic E-state index is 5.85. The molecule has 2 saturated carbocycles. The average Bonchev–Trinajstić information content (AvgIpc) is 3.23. The molecule has 0 aliphatic heterocycles. The zero-order valence-corrected chi connectivity index (χ0v) is 13.1. The van der Waals surface area contributed by atoms with Gasteiger partial charge >= 0.3 is 0 Å². The third kappa shape index (κ3) is 3.00. The molecule has 3 N–H and O–H groups in total. The highest BCUT2D eigenvalue weighted by Gasteiger charge is 2.41. The van der Waals surface area contributed by atoms with Gasteiger partial charge in [0.1, 0.15) is 0 Å². The van der Waals surface area contributed by atoms with E-state index in [4.69, 9.17) is 15.7 Å². The van der Waals surface area contributed by atoms with Crippen LogP contribution in [0.3, 0.4) is 0 Å². The van der Waals surface area contributed by atoms with Gasteiger partial charge in [0.05, 0.1) is 23.4 Å². The molecule has 1 unspecified atom stereocenters. The van der Waals surface area contributed by atoms with Crippen molar-refractivity contribution in [1.82, 2.24) is 15.2 Å². The van der Waals surface area contributed by atoms with E-state index in [0.717, 1.165) is 25.0 Å². The summed E-state index contributed by atoms with van der Waals surface area (Å²) in [5.41, 5.74) is 3.99. The number of nitrogens with one attached hydrogen (secondary N) is 1. The van der Waals surface area contributed by atoms with Gasteiger partial charge < -0.3 is 4.74 Å². The van der Waals surface area contributed by atoms with Crippen LogP contribution in [-0.4, -0.2) is 28.5 Å². The van der Waals surface area contributed by atoms with E-state index < -0.39 is 0 Å². The van der Waals surface area contributed by atoms with E-state index in [1.54, 1.807) is 0 Å². The Balaban J connectivity index is 1.69. The molecule has 2 aliphatic carbocycles. The van der Waals surface area contributed by atoms with Crippen LogP contribution in [0.5, 0.6) is 0 Å². The molecule has 0 aromatic carbocycles. The van der Waals surface area contributed by atoms with Crippen molar-refractivity contribution >= 4 is 0 Å². The molecule has 1 atom stereocenters. The van der Waals surface area contributed by atoms with Crippen LogP contribution in [0.4, 0.5) is 0 Å². The highest BCUT2D eigenvalue weighted by molar-refractivity contribution is 5.07. The van der Waals surface area contributed by atoms with Crippen molar-refractivity contribution in [2.75, 3.05) is 7.11 Å². The summed E-state index contributed by atoms with van der Waals surface area (Å²) in [5.74, 6) is 5.83. The van der Waals surface area contributed by atoms with Gasteiger partial charge in [-0.2, -0.15) is 5.10 Å². The summed E-state index contributed by atoms with van der Waals surface area (Å²) in [4.78, 5) is 0. The molecular weight excluding hydrogens is 264 g/mol. The maximum Gasteiger partial charge on any atom is 0.0848 e. The molecular formula is C16H28N4O. The van der Waals surface area contributed by atoms with Gasteiger partial charge in [-0.3, -0.25) is 16.0 Å². The summed E-state index contributed by atoms with van der Waals surface area (Å²) in [5, 5.41) is 4.78. The van der Waals surface area contributed by atoms with Crippen LogP contribution in [0.15, 0.2) is 12.3 Å². The molecule has 1 aromatic heterocycles. The average molecular weight is 292 g/mol. The third-order valence-corrected chi connectivity index (χ3v) is 5.47. The third-order valence-electron chi connectivity index (χ3n) is 5.47. The molecule has 2 fully saturated rings. The molecule has 0 spiro atoms. The van der Waals surface area contributed by atoms with E-state index in [2.05, 4.69) is 22.4 Å². The summed E-state index contributed by atoms with van der Waals surface area (Å²) >= 11 is 0. The van der Waals surface area contributed by atoms with Crippen molar-refractivity contribution in [3.05, 3.63) is 18.0 Å². The fourth-order valence-corrected chi connectivity index (χ4v) is 4.13. The second-order valence-electron chi connectivity index (χ2n) is 6.62. The highest BCUT2D eigenvalue weighted by Crippen LogP contribution is 2.36. The summed E-state index contributed by atoms with van der Waals surface area (Å²) < 4.78 is 8.01. The van der Waals surface area contributed by atoms with Gasteiger partial charge in [-0.25, -0.2) is 0 Å². The largest absolute Gasteiger partial charge is 0.377 e. The number of methoxy groups -OCH3 is 1. The van der Waals surface area contributed by atoms with Gasteiger partial charge in [-0.05, 0) is 31.7 Å². The second kappa shape index (κ2) is 6.46. The molecule has 118 valence electrons. The zero-order valence-electron chi connectivity index (χ0n) is 13.1. The molecule has 0 amide bonds. The first-order chi connectivity index (χ1) is 10.3. The molecule has 5 nitrogen and oxygen atoms in total. The first kappa shape index (κ1) is 15.0. The van der Waals surface area contributed by atoms with Gasteiger partial charge in [0, 0.05) is 19.7 Å². The predicted molar refractivity (Wildman–Crippen MR) is 82.8 cm³/mol. The number of hydrogen-bond donors (Lipinski definition) is 2. The van der Waals surface area contributed by atoms with E-state index in [9.17, 15) is 0 Å². The normalized spacial score (nSPS) is 23.7. The minimum atomic E-state index is -0.119. The van der Waals surface area contributed by atoms with Gasteiger partial charge in [0.2, 0.25) is 0 Å². The molecule has 21 heavy (non-hydrogen) atoms. The van der Waals surface area contributed by atoms with Crippen LogP contribution >= 0.6 is 0 Å². The number of ether oxygens (including phenoxy) is 1. The van der Waals surface area contributed by atoms with Crippen LogP contribution in [0.1, 0.15) is 63.1 Å². The molecule has 2 aliphatic rings. The topological polar surface area (TPSA) is 65.1 Å². The minimum absolute atomic E-state index is 0.119. The van der Waals surface area contributed by atoms with Crippen molar-refractivity contribution in [2.24, 2.45) is 5.84 Å². The fourth-order valence-electron chi connectivity index (χ4n) is 4.13. The van der Waals surface area contributed by atoms with Gasteiger partial charge in [-0.1, -0.05) is 25.7 Å². The molecule has 0 bridgehead atoms. The number of aromatic nitrogens is 2. The number of nitrogens with zero attached hydrogens (tertiary/aromatic N) is 2. The van der Waals surface area contributed by atoms with Crippen molar-refractivity contribution in [1.29, 1.82) is 0 Å². The van der Waals surface area contributed by atoms with Crippen LogP contribution in [0, 0.1) is 0 Å². The molecule has 1 heterocycles. The monoisotopic (exact) mass is 292 g/mol. The first-order valence-corrected chi connectivity index (χ1v) is 8.33. The number of hydrogen-bond acceptors (Lipinski definition) is 4. The van der Waals surface area contributed by atoms with Crippen molar-refractivity contribution in [3.63, 3.8) is 0 Å². The Morgan fingerprint density at radius 2 is 2.10 bits per heavy atom. The lowest BCUT2D eigenvalue weighted by Gasteiger charge is -2.35. The lowest BCUT2D eigenvalue weighted by atomic mass is 9.89. The maximum atomic E-state index is 5.85. The zero-order chi connectivity index (χ0) is 14.7. The Morgan fingerprint density at radius 1 is 1.38 bits per heavy atom. The molecule has 0 saturated heterocycles. The second-order valence-corrected chi connectivity index (χ2v) is 6.62. The van der Waals surface area contributed by atoms with Crippen LogP contribution in [0.25, 0.3) is 0 Å². The van der Waals surface area contributed by atoms with Crippen LogP contribution in [-0.2, 0) is 11.2 Å². The van der Waals surface area contributed by atoms with E-state index in [0.29, 0.717) is 6.04 Å². The number of rotatable bonds is 6. The molecule has 3 rings (SSSR count). The predicted octanol–water partition coefficient (Wildman–Crippen LogP) is 2.33. The van der Waals surface area contributed by atoms with E-state index in [1.807, 2.05) is 7.11 Å². The SMILES string of the molecule is COC1(C(Cc2ccn(C3CCCC3)n2)NN)CCCC1. The van der Waals surface area contributed by atoms with Gasteiger partial charge in [0.15, 0.2) is 0 Å². The Morgan fingerprint density at radius 3 is 2.71 bits per heavy atom. The van der Waals surface area contributed by atoms with Crippen molar-refractivity contribution in [3.8, 4) is 0 Å². The van der Waals surface area contributed by atoms with Crippen LogP contribution in [0.2, 0.25) is 0 Å². The Kier molecular flexibility index (Phi) is 4.62. The number of hydrazine groups is 1. The Hall–Kier alpha value is -0.910. The quantitative estimate of drug-likeness (QED) is 0.624. The van der Waals surface area contributed by atoms with E-state index in [-0.39, 0.29) is 11.6 Å². The van der Waals surface area contributed by atoms with Gasteiger partial charge in [-0.15, -0.1) is 0 Å². The van der Waals surface area contributed by atoms with E-state index >= 15 is 0 Å². The standard InChI is InChI=1S/C16H28N4O/c1-21-16(9-4-5-10-16)15(18-17)12-13-8-11-20(19-13)14-6-2-3-7-14/h8,11,14-15,18H,2-7,9-10,12,17H2,1H3. The summed E-state index contributed by atoms with van der Waals surface area (Å²) in [6, 6.07) is 2.88. The number of nitrogens with two attached hydrogens (primary N) is 1. The first-order valence-electron chi connectivity index (χ1n) is 8.33. The summed E-state index contributed by atoms with van der Waals surface area (Å²) in [7, 11) is 1.81. The fraction of sp³-hybridized carbons (Fsp3) is 0.812. The Bertz CT molecular complexity index is 447. The van der Waals surface area contributed by atoms with Crippen molar-refractivity contribution in [2.45, 2.75) is 75.5 Å². The van der Waals surface area contributed by atoms with Gasteiger partial charge in [0.25, 0.3) is 0 Å². The minimum Gasteiger partial charge on any atom is -0.377 e. The smallest absolute Gasteiger partial charge is 0.0848 e. The lowest BCUT2D eigenvalue weighted by molar-refractivity contribution is -0.0358. The molecule has 1 aromatic rings. The summed E-state index contributed by atoms with van der Waals surface area (Å²) in [6.45, 7) is 0. The molecule has 5 heteroatoms. The lowest BCUT2D eigenvalue weighted by Crippen LogP contribution is -2.54.